The van der Waals surface area contributed by atoms with Crippen LogP contribution in [0, 0.1) is 0 Å². The molecule has 0 spiro atoms. The van der Waals surface area contributed by atoms with Gasteiger partial charge in [-0.2, -0.15) is 0 Å². The topological polar surface area (TPSA) is 92.3 Å². The minimum Gasteiger partial charge on any atom is -0.320 e. The maximum Gasteiger partial charge on any atom is 0.255 e. The molecule has 3 aromatic rings. The van der Waals surface area contributed by atoms with Gasteiger partial charge in [0.15, 0.2) is 0 Å². The fourth-order valence-electron chi connectivity index (χ4n) is 2.50. The Labute approximate surface area is 157 Å². The second-order valence-corrected chi connectivity index (χ2v) is 7.92. The Morgan fingerprint density at radius 2 is 1.67 bits per heavy atom. The van der Waals surface area contributed by atoms with E-state index in [1.165, 1.54) is 13.4 Å². The van der Waals surface area contributed by atoms with Gasteiger partial charge in [-0.25, -0.2) is 18.4 Å². The van der Waals surface area contributed by atoms with Gasteiger partial charge in [-0.3, -0.25) is 9.10 Å². The lowest BCUT2D eigenvalue weighted by atomic mass is 10.1. The molecule has 1 aromatic heterocycles. The first kappa shape index (κ1) is 18.5. The molecule has 0 radical (unpaired) electrons. The van der Waals surface area contributed by atoms with Crippen molar-refractivity contribution < 1.29 is 13.2 Å². The first-order chi connectivity index (χ1) is 12.9. The number of amides is 1. The molecule has 0 aliphatic heterocycles. The predicted molar refractivity (Wildman–Crippen MR) is 105 cm³/mol. The average Bonchev–Trinajstić information content (AvgIpc) is 2.68. The lowest BCUT2D eigenvalue weighted by Gasteiger charge is -2.21. The molecule has 0 saturated heterocycles. The molecule has 0 bridgehead atoms. The quantitative estimate of drug-likeness (QED) is 0.732. The number of sulfonamides is 1. The monoisotopic (exact) mass is 382 g/mol. The Morgan fingerprint density at radius 1 is 1.00 bits per heavy atom. The summed E-state index contributed by atoms with van der Waals surface area (Å²) in [6.07, 6.45) is 5.82. The smallest absolute Gasteiger partial charge is 0.255 e. The van der Waals surface area contributed by atoms with Crippen LogP contribution in [0.3, 0.4) is 0 Å². The van der Waals surface area contributed by atoms with Gasteiger partial charge in [0.25, 0.3) is 5.91 Å². The molecule has 0 atom stereocenters. The Balaban J connectivity index is 2.05. The fraction of sp³-hybridized carbons (Fsp3) is 0.105. The van der Waals surface area contributed by atoms with Gasteiger partial charge < -0.3 is 5.32 Å². The molecular formula is C19H18N4O3S. The summed E-state index contributed by atoms with van der Waals surface area (Å²) >= 11 is 0. The maximum atomic E-state index is 12.6. The van der Waals surface area contributed by atoms with Gasteiger partial charge in [0.05, 0.1) is 17.6 Å². The number of nitrogens with zero attached hydrogens (tertiary/aromatic N) is 3. The molecule has 3 rings (SSSR count). The van der Waals surface area contributed by atoms with Crippen molar-refractivity contribution in [2.24, 2.45) is 0 Å². The molecule has 0 aliphatic carbocycles. The van der Waals surface area contributed by atoms with E-state index in [1.54, 1.807) is 54.9 Å². The van der Waals surface area contributed by atoms with E-state index in [1.807, 2.05) is 6.07 Å². The number of hydrogen-bond donors (Lipinski definition) is 1. The van der Waals surface area contributed by atoms with Crippen molar-refractivity contribution in [1.29, 1.82) is 0 Å². The normalized spacial score (nSPS) is 11.0. The highest BCUT2D eigenvalue weighted by atomic mass is 32.2. The van der Waals surface area contributed by atoms with Gasteiger partial charge in [0, 0.05) is 30.6 Å². The maximum absolute atomic E-state index is 12.6. The van der Waals surface area contributed by atoms with Crippen LogP contribution in [0.1, 0.15) is 10.4 Å². The van der Waals surface area contributed by atoms with E-state index < -0.39 is 10.0 Å². The fourth-order valence-corrected chi connectivity index (χ4v) is 3.02. The van der Waals surface area contributed by atoms with Crippen molar-refractivity contribution in [2.75, 3.05) is 22.9 Å². The second-order valence-electron chi connectivity index (χ2n) is 5.91. The first-order valence-electron chi connectivity index (χ1n) is 8.06. The van der Waals surface area contributed by atoms with Crippen molar-refractivity contribution in [3.8, 4) is 11.1 Å². The third-order valence-electron chi connectivity index (χ3n) is 4.01. The van der Waals surface area contributed by atoms with E-state index in [4.69, 9.17) is 0 Å². The van der Waals surface area contributed by atoms with Crippen LogP contribution in [0.4, 0.5) is 11.4 Å². The largest absolute Gasteiger partial charge is 0.320 e. The summed E-state index contributed by atoms with van der Waals surface area (Å²) in [6.45, 7) is 0. The molecule has 1 N–H and O–H groups in total. The summed E-state index contributed by atoms with van der Waals surface area (Å²) in [4.78, 5) is 20.6. The summed E-state index contributed by atoms with van der Waals surface area (Å²) in [5.74, 6) is -0.333. The number of carbonyl (C=O) groups excluding carboxylic acids is 1. The van der Waals surface area contributed by atoms with Crippen LogP contribution in [0.5, 0.6) is 0 Å². The van der Waals surface area contributed by atoms with Crippen molar-refractivity contribution in [3.05, 3.63) is 72.8 Å². The van der Waals surface area contributed by atoms with Gasteiger partial charge in [-0.05, 0) is 29.8 Å². The number of carbonyl (C=O) groups is 1. The number of aromatic nitrogens is 2. The number of anilines is 2. The molecule has 2 aromatic carbocycles. The highest BCUT2D eigenvalue weighted by Crippen LogP contribution is 2.32. The van der Waals surface area contributed by atoms with Gasteiger partial charge in [-0.1, -0.05) is 24.3 Å². The molecule has 0 unspecified atom stereocenters. The molecular weight excluding hydrogens is 364 g/mol. The van der Waals surface area contributed by atoms with E-state index in [9.17, 15) is 13.2 Å². The highest BCUT2D eigenvalue weighted by molar-refractivity contribution is 7.92. The first-order valence-corrected chi connectivity index (χ1v) is 9.91. The standard InChI is InChI=1S/C19H18N4O3S/c1-23(27(2,25)26)18-9-8-15(16-11-20-13-21-12-16)10-17(18)22-19(24)14-6-4-3-5-7-14/h3-13H,1-2H3,(H,22,24). The van der Waals surface area contributed by atoms with Gasteiger partial charge >= 0.3 is 0 Å². The zero-order valence-electron chi connectivity index (χ0n) is 14.8. The zero-order valence-corrected chi connectivity index (χ0v) is 15.6. The third kappa shape index (κ3) is 4.29. The van der Waals surface area contributed by atoms with Crippen LogP contribution in [0.2, 0.25) is 0 Å². The van der Waals surface area contributed by atoms with Gasteiger partial charge in [-0.15, -0.1) is 0 Å². The molecule has 0 saturated carbocycles. The summed E-state index contributed by atoms with van der Waals surface area (Å²) in [6, 6.07) is 13.8. The zero-order chi connectivity index (χ0) is 19.4. The van der Waals surface area contributed by atoms with Crippen molar-refractivity contribution in [3.63, 3.8) is 0 Å². The predicted octanol–water partition coefficient (Wildman–Crippen LogP) is 2.79. The molecule has 1 heterocycles. The molecule has 8 heteroatoms. The van der Waals surface area contributed by atoms with Gasteiger partial charge in [0.1, 0.15) is 6.33 Å². The third-order valence-corrected chi connectivity index (χ3v) is 5.20. The van der Waals surface area contributed by atoms with Crippen LogP contribution < -0.4 is 9.62 Å². The van der Waals surface area contributed by atoms with Crippen LogP contribution in [0.15, 0.2) is 67.3 Å². The Hall–Kier alpha value is -3.26. The number of benzene rings is 2. The molecule has 0 fully saturated rings. The molecule has 7 nitrogen and oxygen atoms in total. The molecule has 138 valence electrons. The minimum atomic E-state index is -3.50. The van der Waals surface area contributed by atoms with Crippen molar-refractivity contribution in [1.82, 2.24) is 9.97 Å². The number of hydrogen-bond acceptors (Lipinski definition) is 5. The highest BCUT2D eigenvalue weighted by Gasteiger charge is 2.18. The van der Waals surface area contributed by atoms with Crippen LogP contribution in [0.25, 0.3) is 11.1 Å². The second kappa shape index (κ2) is 7.55. The van der Waals surface area contributed by atoms with Crippen molar-refractivity contribution in [2.45, 2.75) is 0 Å². The lowest BCUT2D eigenvalue weighted by Crippen LogP contribution is -2.26. The van der Waals surface area contributed by atoms with E-state index in [0.717, 1.165) is 21.7 Å². The molecule has 1 amide bonds. The number of nitrogens with one attached hydrogen (secondary N) is 1. The van der Waals surface area contributed by atoms with E-state index in [2.05, 4.69) is 15.3 Å². The summed E-state index contributed by atoms with van der Waals surface area (Å²) < 4.78 is 25.1. The summed E-state index contributed by atoms with van der Waals surface area (Å²) in [5.41, 5.74) is 2.71. The summed E-state index contributed by atoms with van der Waals surface area (Å²) in [7, 11) is -2.06. The average molecular weight is 382 g/mol. The Bertz CT molecular complexity index is 1050. The summed E-state index contributed by atoms with van der Waals surface area (Å²) in [5, 5.41) is 2.80. The van der Waals surface area contributed by atoms with E-state index in [-0.39, 0.29) is 5.91 Å². The molecule has 0 aliphatic rings. The lowest BCUT2D eigenvalue weighted by molar-refractivity contribution is 0.102. The Kier molecular flexibility index (Phi) is 5.18. The number of rotatable bonds is 5. The van der Waals surface area contributed by atoms with E-state index >= 15 is 0 Å². The Morgan fingerprint density at radius 3 is 2.30 bits per heavy atom. The van der Waals surface area contributed by atoms with Crippen molar-refractivity contribution >= 4 is 27.3 Å². The van der Waals surface area contributed by atoms with E-state index in [0.29, 0.717) is 16.9 Å². The van der Waals surface area contributed by atoms with Crippen LogP contribution in [-0.2, 0) is 10.0 Å². The minimum absolute atomic E-state index is 0.333. The molecule has 27 heavy (non-hydrogen) atoms. The SMILES string of the molecule is CN(c1ccc(-c2cncnc2)cc1NC(=O)c1ccccc1)S(C)(=O)=O. The van der Waals surface area contributed by atoms with Gasteiger partial charge in [0.2, 0.25) is 10.0 Å². The van der Waals surface area contributed by atoms with Crippen LogP contribution in [-0.4, -0.2) is 37.6 Å². The van der Waals surface area contributed by atoms with Crippen LogP contribution >= 0.6 is 0 Å².